The van der Waals surface area contributed by atoms with Crippen LogP contribution in [0.25, 0.3) is 0 Å². The van der Waals surface area contributed by atoms with Crippen LogP contribution >= 0.6 is 0 Å². The number of carboxylic acids is 1. The lowest BCUT2D eigenvalue weighted by atomic mass is 10.1. The highest BCUT2D eigenvalue weighted by molar-refractivity contribution is 7.89. The second-order valence-corrected chi connectivity index (χ2v) is 6.49. The number of carboxylic acid groups (broad SMARTS) is 1. The van der Waals surface area contributed by atoms with Crippen LogP contribution in [-0.2, 0) is 21.2 Å². The molecule has 0 atom stereocenters. The lowest BCUT2D eigenvalue weighted by Gasteiger charge is -2.19. The van der Waals surface area contributed by atoms with Crippen molar-refractivity contribution in [1.29, 1.82) is 0 Å². The fourth-order valence-corrected chi connectivity index (χ4v) is 3.16. The third kappa shape index (κ3) is 4.42. The normalized spacial score (nSPS) is 11.6. The van der Waals surface area contributed by atoms with Crippen molar-refractivity contribution in [2.45, 2.75) is 11.3 Å². The van der Waals surface area contributed by atoms with E-state index in [1.165, 1.54) is 36.7 Å². The molecule has 0 aliphatic rings. The summed E-state index contributed by atoms with van der Waals surface area (Å²) in [4.78, 5) is 10.9. The maximum Gasteiger partial charge on any atom is 0.307 e. The Balaban J connectivity index is 3.23. The van der Waals surface area contributed by atoms with E-state index in [-0.39, 0.29) is 23.4 Å². The van der Waals surface area contributed by atoms with Crippen molar-refractivity contribution in [2.75, 3.05) is 34.3 Å². The van der Waals surface area contributed by atoms with Crippen LogP contribution in [-0.4, -0.2) is 58.1 Å². The lowest BCUT2D eigenvalue weighted by molar-refractivity contribution is -0.136. The molecule has 0 unspecified atom stereocenters. The first-order valence-corrected chi connectivity index (χ1v) is 7.76. The minimum absolute atomic E-state index is 0.00990. The molecule has 0 aromatic heterocycles. The number of rotatable bonds is 8. The molecule has 1 rings (SSSR count). The van der Waals surface area contributed by atoms with Crippen LogP contribution in [0.2, 0.25) is 0 Å². The van der Waals surface area contributed by atoms with Gasteiger partial charge in [-0.05, 0) is 30.8 Å². The van der Waals surface area contributed by atoms with Gasteiger partial charge >= 0.3 is 5.97 Å². The van der Waals surface area contributed by atoms with Gasteiger partial charge in [-0.25, -0.2) is 8.42 Å². The monoisotopic (exact) mass is 316 g/mol. The predicted octanol–water partition coefficient (Wildman–Crippen LogP) is 0.162. The second-order valence-electron chi connectivity index (χ2n) is 4.47. The number of nitrogens with one attached hydrogen (secondary N) is 1. The molecule has 21 heavy (non-hydrogen) atoms. The molecule has 0 aliphatic carbocycles. The van der Waals surface area contributed by atoms with E-state index in [0.717, 1.165) is 0 Å². The molecule has 1 aromatic rings. The van der Waals surface area contributed by atoms with Gasteiger partial charge in [0.1, 0.15) is 5.75 Å². The molecular weight excluding hydrogens is 296 g/mol. The highest BCUT2D eigenvalue weighted by atomic mass is 32.2. The first kappa shape index (κ1) is 17.4. The van der Waals surface area contributed by atoms with E-state index in [2.05, 4.69) is 5.32 Å². The van der Waals surface area contributed by atoms with Gasteiger partial charge in [-0.15, -0.1) is 0 Å². The number of methoxy groups -OCH3 is 1. The largest absolute Gasteiger partial charge is 0.497 e. The maximum absolute atomic E-state index is 12.5. The number of aliphatic carboxylic acids is 1. The maximum atomic E-state index is 12.5. The Morgan fingerprint density at radius 1 is 1.43 bits per heavy atom. The van der Waals surface area contributed by atoms with Crippen molar-refractivity contribution in [3.63, 3.8) is 0 Å². The quantitative estimate of drug-likeness (QED) is 0.709. The summed E-state index contributed by atoms with van der Waals surface area (Å²) in [5, 5.41) is 11.8. The van der Waals surface area contributed by atoms with Crippen molar-refractivity contribution in [3.05, 3.63) is 23.8 Å². The molecule has 0 spiro atoms. The summed E-state index contributed by atoms with van der Waals surface area (Å²) in [6, 6.07) is 4.32. The summed E-state index contributed by atoms with van der Waals surface area (Å²) >= 11 is 0. The van der Waals surface area contributed by atoms with Gasteiger partial charge in [0.05, 0.1) is 18.4 Å². The van der Waals surface area contributed by atoms with E-state index in [1.807, 2.05) is 0 Å². The lowest BCUT2D eigenvalue weighted by Crippen LogP contribution is -2.33. The molecule has 0 saturated carbocycles. The summed E-state index contributed by atoms with van der Waals surface area (Å²) in [5.41, 5.74) is 0.207. The number of sulfonamides is 1. The smallest absolute Gasteiger partial charge is 0.307 e. The number of hydrogen-bond acceptors (Lipinski definition) is 5. The molecule has 118 valence electrons. The third-order valence-corrected chi connectivity index (χ3v) is 4.93. The number of nitrogens with zero attached hydrogens (tertiary/aromatic N) is 1. The summed E-state index contributed by atoms with van der Waals surface area (Å²) in [6.45, 7) is 0.789. The topological polar surface area (TPSA) is 95.9 Å². The first-order chi connectivity index (χ1) is 9.82. The van der Waals surface area contributed by atoms with E-state index in [1.54, 1.807) is 7.05 Å². The predicted molar refractivity (Wildman–Crippen MR) is 78.1 cm³/mol. The van der Waals surface area contributed by atoms with Crippen LogP contribution in [0, 0.1) is 0 Å². The van der Waals surface area contributed by atoms with E-state index in [4.69, 9.17) is 9.84 Å². The van der Waals surface area contributed by atoms with Crippen molar-refractivity contribution in [1.82, 2.24) is 9.62 Å². The molecule has 0 saturated heterocycles. The van der Waals surface area contributed by atoms with Gasteiger partial charge < -0.3 is 15.2 Å². The summed E-state index contributed by atoms with van der Waals surface area (Å²) in [6.07, 6.45) is -0.383. The van der Waals surface area contributed by atoms with Crippen molar-refractivity contribution >= 4 is 16.0 Å². The average Bonchev–Trinajstić information content (AvgIpc) is 2.43. The Hall–Kier alpha value is -1.64. The molecule has 0 heterocycles. The van der Waals surface area contributed by atoms with Crippen LogP contribution in [0.5, 0.6) is 5.75 Å². The van der Waals surface area contributed by atoms with Gasteiger partial charge in [-0.1, -0.05) is 0 Å². The zero-order valence-electron chi connectivity index (χ0n) is 12.3. The SMILES string of the molecule is CNCCN(C)S(=O)(=O)c1ccc(OC)cc1CC(=O)O. The number of carbonyl (C=O) groups is 1. The van der Waals surface area contributed by atoms with Crippen molar-refractivity contribution < 1.29 is 23.1 Å². The van der Waals surface area contributed by atoms with Crippen molar-refractivity contribution in [2.24, 2.45) is 0 Å². The van der Waals surface area contributed by atoms with Crippen LogP contribution in [0.1, 0.15) is 5.56 Å². The Bertz CT molecular complexity index is 601. The van der Waals surface area contributed by atoms with E-state index in [9.17, 15) is 13.2 Å². The molecule has 2 N–H and O–H groups in total. The van der Waals surface area contributed by atoms with Gasteiger partial charge in [-0.2, -0.15) is 4.31 Å². The van der Waals surface area contributed by atoms with Crippen LogP contribution in [0.4, 0.5) is 0 Å². The highest BCUT2D eigenvalue weighted by Gasteiger charge is 2.24. The van der Waals surface area contributed by atoms with Crippen molar-refractivity contribution in [3.8, 4) is 5.75 Å². The Morgan fingerprint density at radius 2 is 2.10 bits per heavy atom. The molecule has 1 aromatic carbocycles. The standard InChI is InChI=1S/C13H20N2O5S/c1-14-6-7-15(2)21(18,19)12-5-4-11(20-3)8-10(12)9-13(16)17/h4-5,8,14H,6-7,9H2,1-3H3,(H,16,17). The number of likely N-dealkylation sites (N-methyl/N-ethyl adjacent to an activating group) is 2. The average molecular weight is 316 g/mol. The van der Waals surface area contributed by atoms with Gasteiger partial charge in [0.15, 0.2) is 0 Å². The number of benzene rings is 1. The second kappa shape index (κ2) is 7.39. The summed E-state index contributed by atoms with van der Waals surface area (Å²) < 4.78 is 31.2. The van der Waals surface area contributed by atoms with E-state index in [0.29, 0.717) is 12.3 Å². The molecule has 0 fully saturated rings. The fraction of sp³-hybridized carbons (Fsp3) is 0.462. The summed E-state index contributed by atoms with van der Waals surface area (Å²) in [7, 11) is 0.885. The molecular formula is C13H20N2O5S. The van der Waals surface area contributed by atoms with Crippen LogP contribution in [0.15, 0.2) is 23.1 Å². The van der Waals surface area contributed by atoms with Crippen LogP contribution in [0.3, 0.4) is 0 Å². The van der Waals surface area contributed by atoms with E-state index < -0.39 is 16.0 Å². The minimum atomic E-state index is -3.74. The van der Waals surface area contributed by atoms with E-state index >= 15 is 0 Å². The molecule has 7 nitrogen and oxygen atoms in total. The van der Waals surface area contributed by atoms with Gasteiger partial charge in [0.25, 0.3) is 0 Å². The fourth-order valence-electron chi connectivity index (χ4n) is 1.79. The van der Waals surface area contributed by atoms with Gasteiger partial charge in [0, 0.05) is 20.1 Å². The highest BCUT2D eigenvalue weighted by Crippen LogP contribution is 2.24. The zero-order chi connectivity index (χ0) is 16.0. The van der Waals surface area contributed by atoms with Crippen LogP contribution < -0.4 is 10.1 Å². The summed E-state index contributed by atoms with van der Waals surface area (Å²) in [5.74, 6) is -0.680. The third-order valence-electron chi connectivity index (χ3n) is 2.97. The molecule has 0 aliphatic heterocycles. The molecule has 0 amide bonds. The minimum Gasteiger partial charge on any atom is -0.497 e. The Labute approximate surface area is 124 Å². The molecule has 0 bridgehead atoms. The Kier molecular flexibility index (Phi) is 6.13. The number of hydrogen-bond donors (Lipinski definition) is 2. The first-order valence-electron chi connectivity index (χ1n) is 6.32. The molecule has 0 radical (unpaired) electrons. The van der Waals surface area contributed by atoms with Gasteiger partial charge in [-0.3, -0.25) is 4.79 Å². The number of ether oxygens (including phenoxy) is 1. The Morgan fingerprint density at radius 3 is 2.62 bits per heavy atom. The van der Waals surface area contributed by atoms with Gasteiger partial charge in [0.2, 0.25) is 10.0 Å². The molecule has 8 heteroatoms. The zero-order valence-corrected chi connectivity index (χ0v) is 13.1.